The van der Waals surface area contributed by atoms with Gasteiger partial charge in [0, 0.05) is 18.1 Å². The monoisotopic (exact) mass is 194 g/mol. The van der Waals surface area contributed by atoms with Crippen molar-refractivity contribution in [2.24, 2.45) is 0 Å². The molecule has 4 heteroatoms. The van der Waals surface area contributed by atoms with E-state index >= 15 is 0 Å². The molecule has 0 aromatic carbocycles. The Morgan fingerprint density at radius 1 is 1.67 bits per heavy atom. The Balaban J connectivity index is 2.80. The van der Waals surface area contributed by atoms with Crippen molar-refractivity contribution in [3.05, 3.63) is 23.0 Å². The van der Waals surface area contributed by atoms with Gasteiger partial charge in [0.05, 0.1) is 0 Å². The highest BCUT2D eigenvalue weighted by Gasteiger charge is 2.38. The number of halogens is 3. The number of ether oxygens (including phenoxy) is 1. The average molecular weight is 195 g/mol. The minimum Gasteiger partial charge on any atom is -0.340 e. The van der Waals surface area contributed by atoms with Crippen LogP contribution in [0.2, 0.25) is 0 Å². The molecule has 0 aromatic heterocycles. The van der Waals surface area contributed by atoms with Crippen molar-refractivity contribution in [1.29, 1.82) is 0 Å². The number of hydrogen-bond donors (Lipinski definition) is 0. The van der Waals surface area contributed by atoms with Gasteiger partial charge in [-0.15, -0.1) is 0 Å². The maximum absolute atomic E-state index is 13.4. The first kappa shape index (κ1) is 9.68. The predicted molar refractivity (Wildman–Crippen MR) is 43.2 cm³/mol. The van der Waals surface area contributed by atoms with Crippen LogP contribution in [0.1, 0.15) is 13.3 Å². The van der Waals surface area contributed by atoms with Crippen LogP contribution in [0.15, 0.2) is 23.0 Å². The molecule has 1 atom stereocenters. The molecule has 0 saturated heterocycles. The Morgan fingerprint density at radius 2 is 2.33 bits per heavy atom. The molecular weight excluding hydrogens is 186 g/mol. The molecule has 0 aliphatic heterocycles. The SMILES string of the molecule is CCOC1(F)CC(Cl)=CC=C1F. The highest BCUT2D eigenvalue weighted by Crippen LogP contribution is 2.36. The molecule has 1 nitrogen and oxygen atoms in total. The third kappa shape index (κ3) is 1.84. The second-order valence-electron chi connectivity index (χ2n) is 2.47. The van der Waals surface area contributed by atoms with Gasteiger partial charge in [-0.1, -0.05) is 11.6 Å². The molecule has 0 amide bonds. The molecule has 0 heterocycles. The minimum absolute atomic E-state index is 0.113. The van der Waals surface area contributed by atoms with Crippen molar-refractivity contribution in [3.63, 3.8) is 0 Å². The zero-order chi connectivity index (χ0) is 9.19. The van der Waals surface area contributed by atoms with Crippen molar-refractivity contribution < 1.29 is 13.5 Å². The van der Waals surface area contributed by atoms with Gasteiger partial charge in [0.1, 0.15) is 0 Å². The van der Waals surface area contributed by atoms with Crippen molar-refractivity contribution >= 4 is 11.6 Å². The lowest BCUT2D eigenvalue weighted by atomic mass is 10.1. The van der Waals surface area contributed by atoms with Gasteiger partial charge in [0.15, 0.2) is 5.83 Å². The fraction of sp³-hybridized carbons (Fsp3) is 0.500. The van der Waals surface area contributed by atoms with E-state index in [1.165, 1.54) is 6.08 Å². The number of allylic oxidation sites excluding steroid dienone is 2. The van der Waals surface area contributed by atoms with Crippen molar-refractivity contribution in [1.82, 2.24) is 0 Å². The lowest BCUT2D eigenvalue weighted by Crippen LogP contribution is -2.29. The van der Waals surface area contributed by atoms with E-state index in [9.17, 15) is 8.78 Å². The van der Waals surface area contributed by atoms with E-state index in [0.717, 1.165) is 6.08 Å². The lowest BCUT2D eigenvalue weighted by molar-refractivity contribution is -0.123. The van der Waals surface area contributed by atoms with Crippen LogP contribution in [0.25, 0.3) is 0 Å². The summed E-state index contributed by atoms with van der Waals surface area (Å²) in [6.45, 7) is 1.71. The molecule has 1 unspecified atom stereocenters. The lowest BCUT2D eigenvalue weighted by Gasteiger charge is -2.25. The van der Waals surface area contributed by atoms with E-state index in [1.807, 2.05) is 0 Å². The topological polar surface area (TPSA) is 9.23 Å². The van der Waals surface area contributed by atoms with Crippen LogP contribution < -0.4 is 0 Å². The van der Waals surface area contributed by atoms with E-state index in [2.05, 4.69) is 4.74 Å². The molecule has 0 spiro atoms. The Hall–Kier alpha value is -0.410. The molecule has 12 heavy (non-hydrogen) atoms. The Kier molecular flexibility index (Phi) is 2.85. The molecule has 1 rings (SSSR count). The predicted octanol–water partition coefficient (Wildman–Crippen LogP) is 3.07. The average Bonchev–Trinajstić information content (AvgIpc) is 1.98. The summed E-state index contributed by atoms with van der Waals surface area (Å²) in [5, 5.41) is 0.257. The van der Waals surface area contributed by atoms with Crippen molar-refractivity contribution in [2.75, 3.05) is 6.61 Å². The van der Waals surface area contributed by atoms with Gasteiger partial charge in [-0.2, -0.15) is 0 Å². The molecule has 0 fully saturated rings. The molecule has 0 bridgehead atoms. The van der Waals surface area contributed by atoms with Crippen LogP contribution in [-0.2, 0) is 4.74 Å². The summed E-state index contributed by atoms with van der Waals surface area (Å²) in [4.78, 5) is 0. The van der Waals surface area contributed by atoms with Gasteiger partial charge >= 0.3 is 0 Å². The van der Waals surface area contributed by atoms with E-state index in [0.29, 0.717) is 0 Å². The molecule has 0 N–H and O–H groups in total. The van der Waals surface area contributed by atoms with Crippen LogP contribution in [-0.4, -0.2) is 12.5 Å². The summed E-state index contributed by atoms with van der Waals surface area (Å²) in [5.74, 6) is -3.27. The largest absolute Gasteiger partial charge is 0.340 e. The molecule has 68 valence electrons. The van der Waals surface area contributed by atoms with Crippen LogP contribution in [0.5, 0.6) is 0 Å². The highest BCUT2D eigenvalue weighted by molar-refractivity contribution is 6.29. The fourth-order valence-electron chi connectivity index (χ4n) is 0.997. The highest BCUT2D eigenvalue weighted by atomic mass is 35.5. The van der Waals surface area contributed by atoms with Crippen LogP contribution >= 0.6 is 11.6 Å². The van der Waals surface area contributed by atoms with Crippen LogP contribution in [0, 0.1) is 0 Å². The van der Waals surface area contributed by atoms with E-state index in [4.69, 9.17) is 11.6 Å². The van der Waals surface area contributed by atoms with E-state index in [1.54, 1.807) is 6.92 Å². The first-order valence-electron chi connectivity index (χ1n) is 3.63. The maximum atomic E-state index is 13.4. The van der Waals surface area contributed by atoms with Gasteiger partial charge in [-0.25, -0.2) is 8.78 Å². The Bertz CT molecular complexity index is 237. The summed E-state index contributed by atoms with van der Waals surface area (Å²) in [6.07, 6.45) is 2.07. The normalized spacial score (nSPS) is 29.7. The second kappa shape index (κ2) is 3.54. The zero-order valence-corrected chi connectivity index (χ0v) is 7.37. The van der Waals surface area contributed by atoms with Crippen molar-refractivity contribution in [2.45, 2.75) is 19.2 Å². The first-order valence-corrected chi connectivity index (χ1v) is 4.01. The number of hydrogen-bond acceptors (Lipinski definition) is 1. The molecule has 0 radical (unpaired) electrons. The van der Waals surface area contributed by atoms with Crippen molar-refractivity contribution in [3.8, 4) is 0 Å². The number of alkyl halides is 1. The third-order valence-corrected chi connectivity index (χ3v) is 1.80. The summed E-state index contributed by atoms with van der Waals surface area (Å²) >= 11 is 5.53. The maximum Gasteiger partial charge on any atom is 0.266 e. The molecule has 0 aromatic rings. The number of rotatable bonds is 2. The zero-order valence-electron chi connectivity index (χ0n) is 6.61. The van der Waals surface area contributed by atoms with E-state index < -0.39 is 11.7 Å². The quantitative estimate of drug-likeness (QED) is 0.657. The Labute approximate surface area is 74.7 Å². The van der Waals surface area contributed by atoms with E-state index in [-0.39, 0.29) is 18.1 Å². The third-order valence-electron chi connectivity index (χ3n) is 1.54. The van der Waals surface area contributed by atoms with Gasteiger partial charge in [-0.3, -0.25) is 0 Å². The van der Waals surface area contributed by atoms with Crippen LogP contribution in [0.3, 0.4) is 0 Å². The first-order chi connectivity index (χ1) is 5.58. The molecule has 1 aliphatic carbocycles. The smallest absolute Gasteiger partial charge is 0.266 e. The molecular formula is C8H9ClF2O. The summed E-state index contributed by atoms with van der Waals surface area (Å²) in [7, 11) is 0. The molecule has 0 saturated carbocycles. The molecule has 1 aliphatic rings. The van der Waals surface area contributed by atoms with Crippen LogP contribution in [0.4, 0.5) is 8.78 Å². The van der Waals surface area contributed by atoms with Gasteiger partial charge in [0.25, 0.3) is 5.85 Å². The summed E-state index contributed by atoms with van der Waals surface area (Å²) in [5.41, 5.74) is 0. The summed E-state index contributed by atoms with van der Waals surface area (Å²) in [6, 6.07) is 0. The minimum atomic E-state index is -2.35. The standard InChI is InChI=1S/C8H9ClF2O/c1-2-12-8(11)5-6(9)3-4-7(8)10/h3-4H,2,5H2,1H3. The summed E-state index contributed by atoms with van der Waals surface area (Å²) < 4.78 is 30.9. The van der Waals surface area contributed by atoms with Gasteiger partial charge in [0.2, 0.25) is 0 Å². The fourth-order valence-corrected chi connectivity index (χ4v) is 1.23. The van der Waals surface area contributed by atoms with Gasteiger partial charge in [-0.05, 0) is 19.1 Å². The Morgan fingerprint density at radius 3 is 2.92 bits per heavy atom. The van der Waals surface area contributed by atoms with Gasteiger partial charge < -0.3 is 4.74 Å². The second-order valence-corrected chi connectivity index (χ2v) is 2.95.